The van der Waals surface area contributed by atoms with E-state index in [-0.39, 0.29) is 30.7 Å². The summed E-state index contributed by atoms with van der Waals surface area (Å²) in [6.45, 7) is 3.97. The maximum absolute atomic E-state index is 12.1. The summed E-state index contributed by atoms with van der Waals surface area (Å²) in [6.07, 6.45) is 3.99. The first-order chi connectivity index (χ1) is 16.3. The number of amides is 1. The van der Waals surface area contributed by atoms with Gasteiger partial charge in [0.05, 0.1) is 21.7 Å². The van der Waals surface area contributed by atoms with Gasteiger partial charge in [-0.25, -0.2) is 22.7 Å². The van der Waals surface area contributed by atoms with Crippen LogP contribution in [0.4, 0.5) is 0 Å². The number of carbonyl (C=O) groups is 1. The number of carbonyl (C=O) groups excluding carboxylic acids is 1. The number of ether oxygens (including phenoxy) is 1. The highest BCUT2D eigenvalue weighted by Crippen LogP contribution is 2.41. The molecule has 2 aliphatic heterocycles. The maximum atomic E-state index is 12.1. The Kier molecular flexibility index (Phi) is 6.49. The second-order valence-corrected chi connectivity index (χ2v) is 12.2. The van der Waals surface area contributed by atoms with Crippen molar-refractivity contribution >= 4 is 49.1 Å². The highest BCUT2D eigenvalue weighted by Gasteiger charge is 2.34. The smallest absolute Gasteiger partial charge is 0.237 e. The van der Waals surface area contributed by atoms with Crippen LogP contribution in [-0.4, -0.2) is 60.1 Å². The van der Waals surface area contributed by atoms with Crippen molar-refractivity contribution in [3.05, 3.63) is 40.0 Å². The molecule has 1 N–H and O–H groups in total. The van der Waals surface area contributed by atoms with Gasteiger partial charge in [0.25, 0.3) is 0 Å². The third kappa shape index (κ3) is 4.64. The van der Waals surface area contributed by atoms with Crippen LogP contribution in [0.2, 0.25) is 5.02 Å². The molecule has 2 fully saturated rings. The fraction of sp³-hybridized carbons (Fsp3) is 0.435. The van der Waals surface area contributed by atoms with Crippen LogP contribution in [0.3, 0.4) is 0 Å². The lowest BCUT2D eigenvalue weighted by molar-refractivity contribution is -0.125. The summed E-state index contributed by atoms with van der Waals surface area (Å²) in [5, 5.41) is 3.96. The minimum Gasteiger partial charge on any atom is -0.489 e. The average molecular weight is 521 g/mol. The molecule has 1 amide bonds. The molecule has 0 saturated carbocycles. The van der Waals surface area contributed by atoms with Gasteiger partial charge < -0.3 is 10.1 Å². The van der Waals surface area contributed by atoms with Crippen LogP contribution < -0.4 is 10.1 Å². The Balaban J connectivity index is 1.48. The molecule has 5 rings (SSSR count). The van der Waals surface area contributed by atoms with Crippen molar-refractivity contribution in [2.24, 2.45) is 0 Å². The number of halogens is 1. The normalized spacial score (nSPS) is 18.6. The zero-order chi connectivity index (χ0) is 23.9. The van der Waals surface area contributed by atoms with Gasteiger partial charge in [-0.1, -0.05) is 11.6 Å². The Morgan fingerprint density at radius 2 is 2.03 bits per heavy atom. The Labute approximate surface area is 207 Å². The van der Waals surface area contributed by atoms with E-state index < -0.39 is 10.0 Å². The van der Waals surface area contributed by atoms with Gasteiger partial charge in [0, 0.05) is 34.8 Å². The molecule has 0 spiro atoms. The van der Waals surface area contributed by atoms with Crippen LogP contribution in [0.5, 0.6) is 5.75 Å². The molecule has 2 aliphatic rings. The van der Waals surface area contributed by atoms with Crippen LogP contribution in [0.15, 0.2) is 24.5 Å². The third-order valence-electron chi connectivity index (χ3n) is 6.18. The predicted octanol–water partition coefficient (Wildman–Crippen LogP) is 3.56. The number of nitrogens with one attached hydrogen (secondary N) is 1. The molecule has 0 radical (unpaired) electrons. The molecule has 1 aromatic carbocycles. The van der Waals surface area contributed by atoms with Gasteiger partial charge in [0.1, 0.15) is 18.2 Å². The SMILES string of the molecule is Cc1cc(Cl)cc(-c2ncnc3cc(CCN4C(=O)CCS4(=O)=O)sc23)c1OC1CCNCC1. The Morgan fingerprint density at radius 1 is 1.24 bits per heavy atom. The molecule has 4 heterocycles. The summed E-state index contributed by atoms with van der Waals surface area (Å²) in [4.78, 5) is 21.9. The summed E-state index contributed by atoms with van der Waals surface area (Å²) >= 11 is 7.94. The summed E-state index contributed by atoms with van der Waals surface area (Å²) < 4.78 is 32.6. The van der Waals surface area contributed by atoms with E-state index in [4.69, 9.17) is 16.3 Å². The third-order valence-corrected chi connectivity index (χ3v) is 9.36. The lowest BCUT2D eigenvalue weighted by Gasteiger charge is -2.26. The number of benzene rings is 1. The van der Waals surface area contributed by atoms with E-state index in [2.05, 4.69) is 15.3 Å². The van der Waals surface area contributed by atoms with Crippen molar-refractivity contribution in [3.8, 4) is 17.0 Å². The number of aromatic nitrogens is 2. The largest absolute Gasteiger partial charge is 0.489 e. The Bertz CT molecular complexity index is 1350. The number of piperidine rings is 1. The fourth-order valence-corrected chi connectivity index (χ4v) is 7.24. The standard InChI is InChI=1S/C23H25ClN4O4S2/c1-14-10-15(24)11-18(22(14)32-16-2-6-25-7-3-16)21-23-19(26-13-27-21)12-17(33-23)4-8-28-20(29)5-9-34(28,30)31/h10-13,16,25H,2-9H2,1H3. The molecule has 3 aromatic rings. The minimum absolute atomic E-state index is 0.0539. The number of thiophene rings is 1. The van der Waals surface area contributed by atoms with E-state index >= 15 is 0 Å². The van der Waals surface area contributed by atoms with Gasteiger partial charge >= 0.3 is 0 Å². The van der Waals surface area contributed by atoms with E-state index in [1.165, 1.54) is 17.7 Å². The number of nitrogens with zero attached hydrogens (tertiary/aromatic N) is 3. The van der Waals surface area contributed by atoms with Crippen LogP contribution in [0, 0.1) is 6.92 Å². The first kappa shape index (κ1) is 23.5. The quantitative estimate of drug-likeness (QED) is 0.530. The van der Waals surface area contributed by atoms with Crippen molar-refractivity contribution in [2.75, 3.05) is 25.4 Å². The molecule has 34 heavy (non-hydrogen) atoms. The fourth-order valence-electron chi connectivity index (χ4n) is 4.44. The first-order valence-corrected chi connectivity index (χ1v) is 14.1. The van der Waals surface area contributed by atoms with Crippen molar-refractivity contribution in [1.29, 1.82) is 0 Å². The van der Waals surface area contributed by atoms with Crippen molar-refractivity contribution in [3.63, 3.8) is 0 Å². The molecule has 0 unspecified atom stereocenters. The zero-order valence-corrected chi connectivity index (χ0v) is 21.1. The number of fused-ring (bicyclic) bond motifs is 1. The van der Waals surface area contributed by atoms with Crippen LogP contribution in [0.25, 0.3) is 21.5 Å². The van der Waals surface area contributed by atoms with E-state index in [0.717, 1.165) is 67.9 Å². The minimum atomic E-state index is -3.49. The van der Waals surface area contributed by atoms with Gasteiger partial charge in [-0.3, -0.25) is 4.79 Å². The van der Waals surface area contributed by atoms with Crippen molar-refractivity contribution in [2.45, 2.75) is 38.7 Å². The number of rotatable bonds is 6. The molecule has 2 saturated heterocycles. The molecular formula is C23H25ClN4O4S2. The molecule has 2 aromatic heterocycles. The monoisotopic (exact) mass is 520 g/mol. The lowest BCUT2D eigenvalue weighted by Crippen LogP contribution is -2.34. The molecule has 8 nitrogen and oxygen atoms in total. The molecule has 180 valence electrons. The molecule has 11 heteroatoms. The van der Waals surface area contributed by atoms with Crippen LogP contribution >= 0.6 is 22.9 Å². The van der Waals surface area contributed by atoms with Crippen molar-refractivity contribution < 1.29 is 17.9 Å². The predicted molar refractivity (Wildman–Crippen MR) is 133 cm³/mol. The number of hydrogen-bond donors (Lipinski definition) is 1. The number of aryl methyl sites for hydroxylation is 1. The molecular weight excluding hydrogens is 496 g/mol. The summed E-state index contributed by atoms with van der Waals surface area (Å²) in [6, 6.07) is 5.71. The summed E-state index contributed by atoms with van der Waals surface area (Å²) in [5.74, 6) is 0.331. The summed E-state index contributed by atoms with van der Waals surface area (Å²) in [5.41, 5.74) is 3.27. The van der Waals surface area contributed by atoms with E-state index in [1.54, 1.807) is 0 Å². The van der Waals surface area contributed by atoms with Crippen LogP contribution in [-0.2, 0) is 21.2 Å². The lowest BCUT2D eigenvalue weighted by atomic mass is 10.0. The van der Waals surface area contributed by atoms with Gasteiger partial charge in [0.15, 0.2) is 0 Å². The van der Waals surface area contributed by atoms with E-state index in [9.17, 15) is 13.2 Å². The van der Waals surface area contributed by atoms with Gasteiger partial charge in [-0.2, -0.15) is 0 Å². The first-order valence-electron chi connectivity index (χ1n) is 11.3. The Morgan fingerprint density at radius 3 is 2.76 bits per heavy atom. The topological polar surface area (TPSA) is 101 Å². The van der Waals surface area contributed by atoms with Gasteiger partial charge in [-0.15, -0.1) is 11.3 Å². The summed E-state index contributed by atoms with van der Waals surface area (Å²) in [7, 11) is -3.49. The van der Waals surface area contributed by atoms with Crippen molar-refractivity contribution in [1.82, 2.24) is 19.6 Å². The second-order valence-electron chi connectivity index (χ2n) is 8.60. The number of hydrogen-bond acceptors (Lipinski definition) is 8. The van der Waals surface area contributed by atoms with E-state index in [0.29, 0.717) is 11.4 Å². The second kappa shape index (κ2) is 9.41. The average Bonchev–Trinajstić information content (AvgIpc) is 3.34. The molecule has 0 aliphatic carbocycles. The molecule has 0 bridgehead atoms. The van der Waals surface area contributed by atoms with Crippen LogP contribution in [0.1, 0.15) is 29.7 Å². The van der Waals surface area contributed by atoms with Gasteiger partial charge in [0.2, 0.25) is 15.9 Å². The number of sulfonamides is 1. The maximum Gasteiger partial charge on any atom is 0.237 e. The highest BCUT2D eigenvalue weighted by molar-refractivity contribution is 7.90. The zero-order valence-electron chi connectivity index (χ0n) is 18.7. The van der Waals surface area contributed by atoms with E-state index in [1.807, 2.05) is 25.1 Å². The van der Waals surface area contributed by atoms with Gasteiger partial charge in [-0.05, 0) is 56.6 Å². The highest BCUT2D eigenvalue weighted by atomic mass is 35.5. The molecule has 0 atom stereocenters. The Hall–Kier alpha value is -2.27.